The Morgan fingerprint density at radius 1 is 1.27 bits per heavy atom. The van der Waals surface area contributed by atoms with Crippen molar-refractivity contribution in [2.24, 2.45) is 4.99 Å². The number of aryl methyl sites for hydroxylation is 1. The van der Waals surface area contributed by atoms with Gasteiger partial charge in [-0.15, -0.1) is 24.0 Å². The van der Waals surface area contributed by atoms with Crippen molar-refractivity contribution in [1.29, 1.82) is 0 Å². The molecule has 0 saturated carbocycles. The van der Waals surface area contributed by atoms with Gasteiger partial charge in [-0.05, 0) is 39.3 Å². The van der Waals surface area contributed by atoms with E-state index in [-0.39, 0.29) is 30.5 Å². The van der Waals surface area contributed by atoms with Gasteiger partial charge in [-0.1, -0.05) is 19.8 Å². The van der Waals surface area contributed by atoms with Crippen molar-refractivity contribution in [3.63, 3.8) is 0 Å². The lowest BCUT2D eigenvalue weighted by atomic mass is 10.0. The van der Waals surface area contributed by atoms with Crippen molar-refractivity contribution < 1.29 is 9.52 Å². The van der Waals surface area contributed by atoms with Gasteiger partial charge < -0.3 is 20.2 Å². The molecular formula is C16H30IN3O2. The SMILES string of the molecule is CCCCCNC(=NCC(C)(O)c1ccc(C)o1)NCC.I. The highest BCUT2D eigenvalue weighted by Crippen LogP contribution is 2.22. The van der Waals surface area contributed by atoms with Gasteiger partial charge in [-0.25, -0.2) is 4.99 Å². The molecule has 0 spiro atoms. The van der Waals surface area contributed by atoms with Crippen LogP contribution in [0, 0.1) is 6.92 Å². The van der Waals surface area contributed by atoms with Crippen LogP contribution in [0.4, 0.5) is 0 Å². The number of aliphatic hydroxyl groups is 1. The number of aliphatic imine (C=N–C) groups is 1. The Balaban J connectivity index is 0.00000441. The van der Waals surface area contributed by atoms with Crippen molar-refractivity contribution in [2.75, 3.05) is 19.6 Å². The van der Waals surface area contributed by atoms with E-state index in [1.54, 1.807) is 13.0 Å². The van der Waals surface area contributed by atoms with Crippen LogP contribution in [0.3, 0.4) is 0 Å². The minimum Gasteiger partial charge on any atom is -0.463 e. The molecule has 1 unspecified atom stereocenters. The molecule has 6 heteroatoms. The zero-order valence-electron chi connectivity index (χ0n) is 14.1. The van der Waals surface area contributed by atoms with Gasteiger partial charge in [0.05, 0.1) is 6.54 Å². The van der Waals surface area contributed by atoms with Crippen LogP contribution in [0.2, 0.25) is 0 Å². The first kappa shape index (κ1) is 21.2. The van der Waals surface area contributed by atoms with Crippen molar-refractivity contribution in [2.45, 2.75) is 52.6 Å². The van der Waals surface area contributed by atoms with Crippen LogP contribution in [0.5, 0.6) is 0 Å². The van der Waals surface area contributed by atoms with Gasteiger partial charge in [0.25, 0.3) is 0 Å². The molecule has 5 nitrogen and oxygen atoms in total. The summed E-state index contributed by atoms with van der Waals surface area (Å²) in [6, 6.07) is 3.65. The summed E-state index contributed by atoms with van der Waals surface area (Å²) in [5, 5.41) is 16.9. The van der Waals surface area contributed by atoms with E-state index >= 15 is 0 Å². The van der Waals surface area contributed by atoms with E-state index < -0.39 is 5.60 Å². The first-order chi connectivity index (χ1) is 9.99. The van der Waals surface area contributed by atoms with E-state index in [0.717, 1.165) is 31.2 Å². The minimum atomic E-state index is -1.10. The second kappa shape index (κ2) is 10.9. The summed E-state index contributed by atoms with van der Waals surface area (Å²) in [6.45, 7) is 9.73. The molecule has 0 radical (unpaired) electrons. The summed E-state index contributed by atoms with van der Waals surface area (Å²) >= 11 is 0. The molecule has 0 amide bonds. The summed E-state index contributed by atoms with van der Waals surface area (Å²) in [5.74, 6) is 2.07. The third-order valence-electron chi connectivity index (χ3n) is 3.23. The van der Waals surface area contributed by atoms with Gasteiger partial charge in [-0.2, -0.15) is 0 Å². The van der Waals surface area contributed by atoms with Gasteiger partial charge in [0.2, 0.25) is 0 Å². The fourth-order valence-corrected chi connectivity index (χ4v) is 1.96. The summed E-state index contributed by atoms with van der Waals surface area (Å²) in [5.41, 5.74) is -1.10. The van der Waals surface area contributed by atoms with Crippen LogP contribution in [-0.2, 0) is 5.60 Å². The molecule has 3 N–H and O–H groups in total. The fraction of sp³-hybridized carbons (Fsp3) is 0.688. The van der Waals surface area contributed by atoms with Crippen LogP contribution in [-0.4, -0.2) is 30.7 Å². The molecule has 1 aromatic rings. The van der Waals surface area contributed by atoms with Crippen molar-refractivity contribution in [3.05, 3.63) is 23.7 Å². The average Bonchev–Trinajstić information content (AvgIpc) is 2.88. The molecular weight excluding hydrogens is 393 g/mol. The molecule has 22 heavy (non-hydrogen) atoms. The summed E-state index contributed by atoms with van der Waals surface area (Å²) in [7, 11) is 0. The van der Waals surface area contributed by atoms with Crippen molar-refractivity contribution in [3.8, 4) is 0 Å². The molecule has 0 saturated heterocycles. The highest BCUT2D eigenvalue weighted by molar-refractivity contribution is 14.0. The van der Waals surface area contributed by atoms with E-state index in [9.17, 15) is 5.11 Å². The lowest BCUT2D eigenvalue weighted by Crippen LogP contribution is -2.39. The number of rotatable bonds is 8. The molecule has 1 atom stereocenters. The number of furan rings is 1. The number of nitrogens with one attached hydrogen (secondary N) is 2. The minimum absolute atomic E-state index is 0. The summed E-state index contributed by atoms with van der Waals surface area (Å²) in [4.78, 5) is 4.45. The zero-order valence-corrected chi connectivity index (χ0v) is 16.4. The Morgan fingerprint density at radius 3 is 2.55 bits per heavy atom. The number of nitrogens with zero attached hydrogens (tertiary/aromatic N) is 1. The largest absolute Gasteiger partial charge is 0.463 e. The van der Waals surface area contributed by atoms with E-state index in [1.807, 2.05) is 19.9 Å². The zero-order chi connectivity index (χ0) is 15.7. The lowest BCUT2D eigenvalue weighted by Gasteiger charge is -2.19. The normalized spacial score (nSPS) is 14.1. The molecule has 1 heterocycles. The maximum atomic E-state index is 10.5. The predicted molar refractivity (Wildman–Crippen MR) is 102 cm³/mol. The maximum absolute atomic E-state index is 10.5. The number of hydrogen-bond donors (Lipinski definition) is 3. The van der Waals surface area contributed by atoms with Crippen LogP contribution in [0.25, 0.3) is 0 Å². The monoisotopic (exact) mass is 423 g/mol. The van der Waals surface area contributed by atoms with Gasteiger partial charge in [0.1, 0.15) is 17.1 Å². The van der Waals surface area contributed by atoms with Crippen LogP contribution in [0.1, 0.15) is 51.6 Å². The first-order valence-electron chi connectivity index (χ1n) is 7.81. The Kier molecular flexibility index (Phi) is 10.5. The van der Waals surface area contributed by atoms with E-state index in [4.69, 9.17) is 4.42 Å². The highest BCUT2D eigenvalue weighted by atomic mass is 127. The molecule has 0 aliphatic heterocycles. The molecule has 0 aliphatic carbocycles. The molecule has 0 aromatic carbocycles. The van der Waals surface area contributed by atoms with Gasteiger partial charge >= 0.3 is 0 Å². The van der Waals surface area contributed by atoms with E-state index in [0.29, 0.717) is 5.76 Å². The third kappa shape index (κ3) is 7.49. The average molecular weight is 423 g/mol. The molecule has 0 aliphatic rings. The molecule has 0 bridgehead atoms. The number of unbranched alkanes of at least 4 members (excludes halogenated alkanes) is 2. The molecule has 1 aromatic heterocycles. The Morgan fingerprint density at radius 2 is 2.00 bits per heavy atom. The second-order valence-corrected chi connectivity index (χ2v) is 5.51. The van der Waals surface area contributed by atoms with Crippen molar-refractivity contribution in [1.82, 2.24) is 10.6 Å². The summed E-state index contributed by atoms with van der Waals surface area (Å²) < 4.78 is 5.49. The van der Waals surface area contributed by atoms with Crippen LogP contribution >= 0.6 is 24.0 Å². The number of guanidine groups is 1. The first-order valence-corrected chi connectivity index (χ1v) is 7.81. The van der Waals surface area contributed by atoms with Crippen LogP contribution < -0.4 is 10.6 Å². The third-order valence-corrected chi connectivity index (χ3v) is 3.23. The maximum Gasteiger partial charge on any atom is 0.191 e. The van der Waals surface area contributed by atoms with Gasteiger partial charge in [0.15, 0.2) is 5.96 Å². The standard InChI is InChI=1S/C16H29N3O2.HI/c1-5-7-8-11-18-15(17-6-2)19-12-16(4,20)14-10-9-13(3)21-14;/h9-10,20H,5-8,11-12H2,1-4H3,(H2,17,18,19);1H. The number of halogens is 1. The Hall–Kier alpha value is -0.760. The van der Waals surface area contributed by atoms with Gasteiger partial charge in [-0.3, -0.25) is 0 Å². The molecule has 0 fully saturated rings. The fourth-order valence-electron chi connectivity index (χ4n) is 1.96. The Bertz CT molecular complexity index is 444. The van der Waals surface area contributed by atoms with E-state index in [2.05, 4.69) is 22.5 Å². The number of hydrogen-bond acceptors (Lipinski definition) is 3. The lowest BCUT2D eigenvalue weighted by molar-refractivity contribution is 0.0428. The topological polar surface area (TPSA) is 69.8 Å². The second-order valence-electron chi connectivity index (χ2n) is 5.51. The molecule has 128 valence electrons. The van der Waals surface area contributed by atoms with Crippen molar-refractivity contribution >= 4 is 29.9 Å². The Labute approximate surface area is 151 Å². The smallest absolute Gasteiger partial charge is 0.191 e. The van der Waals surface area contributed by atoms with Gasteiger partial charge in [0, 0.05) is 13.1 Å². The summed E-state index contributed by atoms with van der Waals surface area (Å²) in [6.07, 6.45) is 3.52. The predicted octanol–water partition coefficient (Wildman–Crippen LogP) is 3.16. The highest BCUT2D eigenvalue weighted by Gasteiger charge is 2.26. The van der Waals surface area contributed by atoms with E-state index in [1.165, 1.54) is 12.8 Å². The van der Waals surface area contributed by atoms with Crippen LogP contribution in [0.15, 0.2) is 21.5 Å². The molecule has 1 rings (SSSR count). The quantitative estimate of drug-likeness (QED) is 0.260.